The summed E-state index contributed by atoms with van der Waals surface area (Å²) in [6.45, 7) is 7.30. The first-order valence-corrected chi connectivity index (χ1v) is 7.64. The molecule has 1 fully saturated rings. The molecule has 2 nitrogen and oxygen atoms in total. The van der Waals surface area contributed by atoms with Crippen LogP contribution in [-0.4, -0.2) is 21.8 Å². The summed E-state index contributed by atoms with van der Waals surface area (Å²) in [4.78, 5) is 0. The van der Waals surface area contributed by atoms with Crippen LogP contribution in [0.3, 0.4) is 0 Å². The Morgan fingerprint density at radius 3 is 2.82 bits per heavy atom. The first kappa shape index (κ1) is 12.8. The first-order chi connectivity index (χ1) is 8.08. The summed E-state index contributed by atoms with van der Waals surface area (Å²) in [5, 5.41) is 3.84. The monoisotopic (exact) mass is 251 g/mol. The smallest absolute Gasteiger partial charge is 0.0439 e. The van der Waals surface area contributed by atoms with Gasteiger partial charge in [0.2, 0.25) is 0 Å². The number of rotatable bonds is 1. The fourth-order valence-electron chi connectivity index (χ4n) is 2.40. The number of hydrogen-bond acceptors (Lipinski definition) is 2. The Morgan fingerprint density at radius 1 is 1.35 bits per heavy atom. The summed E-state index contributed by atoms with van der Waals surface area (Å²) in [7, 11) is -0.709. The third-order valence-electron chi connectivity index (χ3n) is 3.52. The lowest BCUT2D eigenvalue weighted by Crippen LogP contribution is -2.24. The van der Waals surface area contributed by atoms with Crippen molar-refractivity contribution in [1.29, 1.82) is 0 Å². The van der Waals surface area contributed by atoms with E-state index in [1.54, 1.807) is 0 Å². The molecule has 0 aliphatic carbocycles. The quantitative estimate of drug-likeness (QED) is 0.831. The maximum absolute atomic E-state index is 12.0. The molecule has 0 amide bonds. The highest BCUT2D eigenvalue weighted by atomic mass is 32.2. The SMILES string of the molecule is Cc1ccc(C2CS(=O)C(C)CCN2)c(C)c1. The minimum Gasteiger partial charge on any atom is -0.309 e. The van der Waals surface area contributed by atoms with Gasteiger partial charge in [-0.3, -0.25) is 4.21 Å². The molecule has 0 saturated carbocycles. The van der Waals surface area contributed by atoms with Crippen LogP contribution in [0.4, 0.5) is 0 Å². The van der Waals surface area contributed by atoms with E-state index in [9.17, 15) is 4.21 Å². The Kier molecular flexibility index (Phi) is 4.00. The van der Waals surface area contributed by atoms with Gasteiger partial charge in [-0.25, -0.2) is 0 Å². The van der Waals surface area contributed by atoms with Crippen molar-refractivity contribution < 1.29 is 4.21 Å². The topological polar surface area (TPSA) is 29.1 Å². The van der Waals surface area contributed by atoms with Crippen molar-refractivity contribution >= 4 is 10.8 Å². The van der Waals surface area contributed by atoms with Gasteiger partial charge in [0.15, 0.2) is 0 Å². The van der Waals surface area contributed by atoms with Crippen LogP contribution in [0.25, 0.3) is 0 Å². The molecule has 1 aromatic carbocycles. The second-order valence-electron chi connectivity index (χ2n) is 5.01. The lowest BCUT2D eigenvalue weighted by molar-refractivity contribution is 0.576. The molecular formula is C14H21NOS. The summed E-state index contributed by atoms with van der Waals surface area (Å²) < 4.78 is 12.0. The normalized spacial score (nSPS) is 29.9. The molecule has 1 N–H and O–H groups in total. The first-order valence-electron chi connectivity index (χ1n) is 6.25. The zero-order valence-electron chi connectivity index (χ0n) is 10.8. The molecule has 0 bridgehead atoms. The van der Waals surface area contributed by atoms with Gasteiger partial charge >= 0.3 is 0 Å². The predicted octanol–water partition coefficient (Wildman–Crippen LogP) is 2.48. The fraction of sp³-hybridized carbons (Fsp3) is 0.571. The van der Waals surface area contributed by atoms with E-state index >= 15 is 0 Å². The van der Waals surface area contributed by atoms with Crippen LogP contribution in [0.15, 0.2) is 18.2 Å². The molecule has 3 heteroatoms. The minimum atomic E-state index is -0.709. The van der Waals surface area contributed by atoms with Crippen LogP contribution >= 0.6 is 0 Å². The Morgan fingerprint density at radius 2 is 2.12 bits per heavy atom. The molecule has 17 heavy (non-hydrogen) atoms. The van der Waals surface area contributed by atoms with Gasteiger partial charge in [-0.15, -0.1) is 0 Å². The Balaban J connectivity index is 2.24. The largest absolute Gasteiger partial charge is 0.309 e. The van der Waals surface area contributed by atoms with Crippen LogP contribution in [-0.2, 0) is 10.8 Å². The molecule has 0 radical (unpaired) electrons. The van der Waals surface area contributed by atoms with Gasteiger partial charge in [0, 0.05) is 27.8 Å². The number of hydrogen-bond donors (Lipinski definition) is 1. The van der Waals surface area contributed by atoms with Gasteiger partial charge in [0.05, 0.1) is 0 Å². The molecule has 0 spiro atoms. The fourth-order valence-corrected chi connectivity index (χ4v) is 3.73. The standard InChI is InChI=1S/C14H21NOS/c1-10-4-5-13(11(2)8-10)14-9-17(16)12(3)6-7-15-14/h4-5,8,12,14-15H,6-7,9H2,1-3H3. The van der Waals surface area contributed by atoms with Gasteiger partial charge in [-0.05, 0) is 37.9 Å². The van der Waals surface area contributed by atoms with Gasteiger partial charge in [-0.2, -0.15) is 0 Å². The molecule has 1 aromatic rings. The van der Waals surface area contributed by atoms with Crippen LogP contribution in [0.1, 0.15) is 36.1 Å². The van der Waals surface area contributed by atoms with E-state index in [0.717, 1.165) is 18.7 Å². The minimum absolute atomic E-state index is 0.251. The van der Waals surface area contributed by atoms with Crippen LogP contribution in [0.5, 0.6) is 0 Å². The molecule has 1 saturated heterocycles. The second-order valence-corrected chi connectivity index (χ2v) is 6.91. The summed E-state index contributed by atoms with van der Waals surface area (Å²) in [6.07, 6.45) is 1.01. The van der Waals surface area contributed by atoms with Crippen molar-refractivity contribution in [2.75, 3.05) is 12.3 Å². The Labute approximate surface area is 106 Å². The van der Waals surface area contributed by atoms with Crippen molar-refractivity contribution in [1.82, 2.24) is 5.32 Å². The van der Waals surface area contributed by atoms with E-state index in [2.05, 4.69) is 44.3 Å². The van der Waals surface area contributed by atoms with Crippen LogP contribution < -0.4 is 5.32 Å². The van der Waals surface area contributed by atoms with Crippen molar-refractivity contribution in [2.24, 2.45) is 0 Å². The van der Waals surface area contributed by atoms with Gasteiger partial charge in [-0.1, -0.05) is 30.7 Å². The van der Waals surface area contributed by atoms with Crippen LogP contribution in [0, 0.1) is 13.8 Å². The number of aryl methyl sites for hydroxylation is 2. The van der Waals surface area contributed by atoms with Crippen molar-refractivity contribution in [3.63, 3.8) is 0 Å². The van der Waals surface area contributed by atoms with Crippen LogP contribution in [0.2, 0.25) is 0 Å². The van der Waals surface area contributed by atoms with Crippen molar-refractivity contribution in [3.8, 4) is 0 Å². The summed E-state index contributed by atoms with van der Waals surface area (Å²) in [5.41, 5.74) is 3.89. The van der Waals surface area contributed by atoms with E-state index < -0.39 is 10.8 Å². The van der Waals surface area contributed by atoms with E-state index in [1.165, 1.54) is 16.7 Å². The molecule has 3 atom stereocenters. The molecule has 2 rings (SSSR count). The second kappa shape index (κ2) is 5.32. The third kappa shape index (κ3) is 2.96. The van der Waals surface area contributed by atoms with Gasteiger partial charge < -0.3 is 5.32 Å². The third-order valence-corrected chi connectivity index (χ3v) is 5.32. The summed E-state index contributed by atoms with van der Waals surface area (Å²) in [5.74, 6) is 0.741. The van der Waals surface area contributed by atoms with Gasteiger partial charge in [0.1, 0.15) is 0 Å². The maximum Gasteiger partial charge on any atom is 0.0439 e. The number of benzene rings is 1. The Hall–Kier alpha value is -0.670. The van der Waals surface area contributed by atoms with Crippen molar-refractivity contribution in [2.45, 2.75) is 38.5 Å². The average molecular weight is 251 g/mol. The van der Waals surface area contributed by atoms with E-state index in [0.29, 0.717) is 5.25 Å². The lowest BCUT2D eigenvalue weighted by atomic mass is 10.00. The molecule has 0 aromatic heterocycles. The molecule has 1 aliphatic heterocycles. The Bertz CT molecular complexity index is 430. The molecule has 94 valence electrons. The van der Waals surface area contributed by atoms with E-state index in [4.69, 9.17) is 0 Å². The zero-order valence-corrected chi connectivity index (χ0v) is 11.6. The maximum atomic E-state index is 12.0. The summed E-state index contributed by atoms with van der Waals surface area (Å²) in [6, 6.07) is 6.77. The average Bonchev–Trinajstić information content (AvgIpc) is 2.42. The molecular weight excluding hydrogens is 230 g/mol. The predicted molar refractivity (Wildman–Crippen MR) is 73.7 cm³/mol. The molecule has 3 unspecified atom stereocenters. The zero-order chi connectivity index (χ0) is 12.4. The molecule has 1 aliphatic rings. The molecule has 1 heterocycles. The highest BCUT2D eigenvalue weighted by molar-refractivity contribution is 7.85. The number of nitrogens with one attached hydrogen (secondary N) is 1. The highest BCUT2D eigenvalue weighted by Crippen LogP contribution is 2.23. The van der Waals surface area contributed by atoms with E-state index in [-0.39, 0.29) is 6.04 Å². The summed E-state index contributed by atoms with van der Waals surface area (Å²) >= 11 is 0. The van der Waals surface area contributed by atoms with Crippen molar-refractivity contribution in [3.05, 3.63) is 34.9 Å². The highest BCUT2D eigenvalue weighted by Gasteiger charge is 2.23. The van der Waals surface area contributed by atoms with Gasteiger partial charge in [0.25, 0.3) is 0 Å². The lowest BCUT2D eigenvalue weighted by Gasteiger charge is -2.18. The van der Waals surface area contributed by atoms with E-state index in [1.807, 2.05) is 0 Å².